The Morgan fingerprint density at radius 1 is 1.38 bits per heavy atom. The first kappa shape index (κ1) is 13.9. The molecule has 1 fully saturated rings. The van der Waals surface area contributed by atoms with Gasteiger partial charge >= 0.3 is 0 Å². The molecule has 0 N–H and O–H groups in total. The summed E-state index contributed by atoms with van der Waals surface area (Å²) in [5.41, 5.74) is 0.523. The summed E-state index contributed by atoms with van der Waals surface area (Å²) in [7, 11) is 3.46. The van der Waals surface area contributed by atoms with Crippen LogP contribution >= 0.6 is 0 Å². The third-order valence-corrected chi connectivity index (χ3v) is 3.80. The molecule has 1 atom stereocenters. The van der Waals surface area contributed by atoms with E-state index in [1.165, 1.54) is 0 Å². The van der Waals surface area contributed by atoms with Gasteiger partial charge in [0.2, 0.25) is 0 Å². The SMILES string of the molecule is COc1cc2c(cc1O[C@H]1CCOC1)c(=O)nc(C)n2C. The molecule has 0 bridgehead atoms. The van der Waals surface area contributed by atoms with Crippen molar-refractivity contribution in [3.05, 3.63) is 28.3 Å². The van der Waals surface area contributed by atoms with E-state index in [9.17, 15) is 4.79 Å². The third-order valence-electron chi connectivity index (χ3n) is 3.80. The molecule has 1 saturated heterocycles. The number of hydrogen-bond donors (Lipinski definition) is 0. The number of methoxy groups -OCH3 is 1. The Bertz CT molecular complexity index is 733. The van der Waals surface area contributed by atoms with Gasteiger partial charge in [0.25, 0.3) is 5.56 Å². The van der Waals surface area contributed by atoms with Crippen molar-refractivity contribution < 1.29 is 14.2 Å². The van der Waals surface area contributed by atoms with Crippen LogP contribution in [0.5, 0.6) is 11.5 Å². The maximum atomic E-state index is 12.1. The van der Waals surface area contributed by atoms with E-state index in [0.29, 0.717) is 35.9 Å². The summed E-state index contributed by atoms with van der Waals surface area (Å²) in [4.78, 5) is 16.1. The number of rotatable bonds is 3. The molecule has 1 aromatic heterocycles. The van der Waals surface area contributed by atoms with Gasteiger partial charge in [-0.05, 0) is 13.0 Å². The number of hydrogen-bond acceptors (Lipinski definition) is 5. The van der Waals surface area contributed by atoms with Crippen molar-refractivity contribution in [1.82, 2.24) is 9.55 Å². The van der Waals surface area contributed by atoms with Crippen LogP contribution in [0.4, 0.5) is 0 Å². The number of fused-ring (bicyclic) bond motifs is 1. The van der Waals surface area contributed by atoms with E-state index in [0.717, 1.165) is 11.9 Å². The lowest BCUT2D eigenvalue weighted by molar-refractivity contribution is 0.139. The van der Waals surface area contributed by atoms with Crippen LogP contribution in [-0.4, -0.2) is 36.0 Å². The Morgan fingerprint density at radius 3 is 2.86 bits per heavy atom. The van der Waals surface area contributed by atoms with Gasteiger partial charge < -0.3 is 18.8 Å². The van der Waals surface area contributed by atoms with Crippen molar-refractivity contribution in [2.45, 2.75) is 19.4 Å². The van der Waals surface area contributed by atoms with Crippen molar-refractivity contribution in [2.24, 2.45) is 7.05 Å². The minimum atomic E-state index is -0.254. The highest BCUT2D eigenvalue weighted by molar-refractivity contribution is 5.82. The standard InChI is InChI=1S/C15H18N2O4/c1-9-16-15(18)11-6-14(21-10-4-5-20-8-10)13(19-3)7-12(11)17(9)2/h6-7,10H,4-5,8H2,1-3H3/t10-/m0/s1. The maximum absolute atomic E-state index is 12.1. The second kappa shape index (κ2) is 5.37. The molecule has 0 saturated carbocycles. The molecule has 6 heteroatoms. The van der Waals surface area contributed by atoms with Crippen LogP contribution in [0.3, 0.4) is 0 Å². The molecule has 2 heterocycles. The number of ether oxygens (including phenoxy) is 3. The fourth-order valence-electron chi connectivity index (χ4n) is 2.49. The second-order valence-corrected chi connectivity index (χ2v) is 5.15. The molecule has 0 spiro atoms. The third kappa shape index (κ3) is 2.47. The van der Waals surface area contributed by atoms with Crippen LogP contribution in [0, 0.1) is 6.92 Å². The first-order valence-corrected chi connectivity index (χ1v) is 6.90. The van der Waals surface area contributed by atoms with Crippen molar-refractivity contribution in [3.8, 4) is 11.5 Å². The Hall–Kier alpha value is -2.08. The molecule has 1 aliphatic rings. The van der Waals surface area contributed by atoms with Crippen molar-refractivity contribution in [3.63, 3.8) is 0 Å². The predicted molar refractivity (Wildman–Crippen MR) is 78.1 cm³/mol. The summed E-state index contributed by atoms with van der Waals surface area (Å²) >= 11 is 0. The Balaban J connectivity index is 2.14. The number of benzene rings is 1. The van der Waals surface area contributed by atoms with E-state index < -0.39 is 0 Å². The molecular formula is C15H18N2O4. The van der Waals surface area contributed by atoms with E-state index >= 15 is 0 Å². The van der Waals surface area contributed by atoms with E-state index in [4.69, 9.17) is 14.2 Å². The molecule has 3 rings (SSSR count). The van der Waals surface area contributed by atoms with E-state index in [1.54, 1.807) is 20.1 Å². The lowest BCUT2D eigenvalue weighted by Crippen LogP contribution is -2.18. The predicted octanol–water partition coefficient (Wildman–Crippen LogP) is 1.42. The molecule has 6 nitrogen and oxygen atoms in total. The van der Waals surface area contributed by atoms with Crippen molar-refractivity contribution in [2.75, 3.05) is 20.3 Å². The van der Waals surface area contributed by atoms with Gasteiger partial charge in [0.1, 0.15) is 11.9 Å². The van der Waals surface area contributed by atoms with Gasteiger partial charge in [-0.2, -0.15) is 4.98 Å². The lowest BCUT2D eigenvalue weighted by atomic mass is 10.2. The summed E-state index contributed by atoms with van der Waals surface area (Å²) in [6, 6.07) is 3.53. The van der Waals surface area contributed by atoms with E-state index in [2.05, 4.69) is 4.98 Å². The maximum Gasteiger partial charge on any atom is 0.280 e. The monoisotopic (exact) mass is 290 g/mol. The van der Waals surface area contributed by atoms with Crippen LogP contribution < -0.4 is 15.0 Å². The normalized spacial score (nSPS) is 18.1. The fraction of sp³-hybridized carbons (Fsp3) is 0.467. The summed E-state index contributed by atoms with van der Waals surface area (Å²) < 4.78 is 18.5. The van der Waals surface area contributed by atoms with Crippen LogP contribution in [0.1, 0.15) is 12.2 Å². The average Bonchev–Trinajstić information content (AvgIpc) is 2.97. The Morgan fingerprint density at radius 2 is 2.19 bits per heavy atom. The highest BCUT2D eigenvalue weighted by Crippen LogP contribution is 2.32. The van der Waals surface area contributed by atoms with Crippen LogP contribution in [0.2, 0.25) is 0 Å². The summed E-state index contributed by atoms with van der Waals surface area (Å²) in [5, 5.41) is 0.526. The summed E-state index contributed by atoms with van der Waals surface area (Å²) in [6.45, 7) is 3.06. The largest absolute Gasteiger partial charge is 0.493 e. The number of aromatic nitrogens is 2. The molecule has 0 aliphatic carbocycles. The minimum Gasteiger partial charge on any atom is -0.493 e. The Labute approximate surface area is 122 Å². The average molecular weight is 290 g/mol. The van der Waals surface area contributed by atoms with E-state index in [-0.39, 0.29) is 11.7 Å². The van der Waals surface area contributed by atoms with Crippen LogP contribution in [0.15, 0.2) is 16.9 Å². The highest BCUT2D eigenvalue weighted by Gasteiger charge is 2.20. The summed E-state index contributed by atoms with van der Waals surface area (Å²) in [5.74, 6) is 1.82. The van der Waals surface area contributed by atoms with Gasteiger partial charge in [-0.25, -0.2) is 0 Å². The van der Waals surface area contributed by atoms with Gasteiger partial charge in [0, 0.05) is 19.5 Å². The zero-order chi connectivity index (χ0) is 15.0. The van der Waals surface area contributed by atoms with E-state index in [1.807, 2.05) is 17.7 Å². The molecular weight excluding hydrogens is 272 g/mol. The second-order valence-electron chi connectivity index (χ2n) is 5.15. The van der Waals surface area contributed by atoms with Crippen LogP contribution in [-0.2, 0) is 11.8 Å². The fourth-order valence-corrected chi connectivity index (χ4v) is 2.49. The molecule has 0 radical (unpaired) electrons. The van der Waals surface area contributed by atoms with Crippen molar-refractivity contribution in [1.29, 1.82) is 0 Å². The topological polar surface area (TPSA) is 62.6 Å². The molecule has 21 heavy (non-hydrogen) atoms. The lowest BCUT2D eigenvalue weighted by Gasteiger charge is -2.17. The number of nitrogens with zero attached hydrogens (tertiary/aromatic N) is 2. The van der Waals surface area contributed by atoms with Gasteiger partial charge in [-0.1, -0.05) is 0 Å². The summed E-state index contributed by atoms with van der Waals surface area (Å²) in [6.07, 6.45) is 0.837. The van der Waals surface area contributed by atoms with Gasteiger partial charge in [-0.15, -0.1) is 0 Å². The molecule has 0 amide bonds. The molecule has 0 unspecified atom stereocenters. The number of aryl methyl sites for hydroxylation is 2. The molecule has 2 aromatic rings. The van der Waals surface area contributed by atoms with Gasteiger partial charge in [0.05, 0.1) is 31.2 Å². The van der Waals surface area contributed by atoms with Crippen LogP contribution in [0.25, 0.3) is 10.9 Å². The smallest absolute Gasteiger partial charge is 0.280 e. The zero-order valence-electron chi connectivity index (χ0n) is 12.4. The Kier molecular flexibility index (Phi) is 3.55. The first-order valence-electron chi connectivity index (χ1n) is 6.90. The molecule has 1 aromatic carbocycles. The van der Waals surface area contributed by atoms with Crippen molar-refractivity contribution >= 4 is 10.9 Å². The van der Waals surface area contributed by atoms with Gasteiger partial charge in [0.15, 0.2) is 11.5 Å². The zero-order valence-corrected chi connectivity index (χ0v) is 12.4. The first-order chi connectivity index (χ1) is 10.1. The molecule has 112 valence electrons. The van der Waals surface area contributed by atoms with Gasteiger partial charge in [-0.3, -0.25) is 4.79 Å². The quantitative estimate of drug-likeness (QED) is 0.855. The molecule has 1 aliphatic heterocycles. The minimum absolute atomic E-state index is 0.00129. The highest BCUT2D eigenvalue weighted by atomic mass is 16.6.